The summed E-state index contributed by atoms with van der Waals surface area (Å²) < 4.78 is 6.05. The van der Waals surface area contributed by atoms with Crippen molar-refractivity contribution in [2.24, 2.45) is 17.3 Å². The van der Waals surface area contributed by atoms with E-state index in [0.717, 1.165) is 18.6 Å². The second-order valence-corrected chi connectivity index (χ2v) is 10.0. The maximum absolute atomic E-state index is 6.05. The molecule has 0 saturated carbocycles. The number of benzene rings is 1. The molecule has 0 N–H and O–H groups in total. The minimum absolute atomic E-state index is 0. The zero-order chi connectivity index (χ0) is 20.7. The molecule has 0 unspecified atom stereocenters. The standard InChI is InChI=1S/C25H38O.2ClH.Ti/c1-14(2)11-20-13-16(5)22(21(24(20)26)12-15(3)4)23-18(7)17(6)19(8)25(23,9)10;;;/h13-15,26H,11-12H2,1-10H3;2*1H;/q;;;+3/p-3. The first-order chi connectivity index (χ1) is 12.4. The van der Waals surface area contributed by atoms with Crippen LogP contribution in [0.4, 0.5) is 0 Å². The average Bonchev–Trinajstić information content (AvgIpc) is 2.68. The summed E-state index contributed by atoms with van der Waals surface area (Å²) in [7, 11) is 0. The predicted molar refractivity (Wildman–Crippen MR) is 114 cm³/mol. The third-order valence-electron chi connectivity index (χ3n) is 6.31. The summed E-state index contributed by atoms with van der Waals surface area (Å²) in [6.07, 6.45) is 2.11. The third-order valence-corrected chi connectivity index (χ3v) is 6.63. The van der Waals surface area contributed by atoms with Crippen molar-refractivity contribution in [3.63, 3.8) is 0 Å². The van der Waals surface area contributed by atoms with E-state index in [1.807, 2.05) is 20.8 Å². The van der Waals surface area contributed by atoms with Crippen molar-refractivity contribution in [1.29, 1.82) is 0 Å². The molecule has 0 bridgehead atoms. The second-order valence-electron chi connectivity index (χ2n) is 9.71. The van der Waals surface area contributed by atoms with E-state index in [9.17, 15) is 0 Å². The van der Waals surface area contributed by atoms with Crippen LogP contribution in [0.3, 0.4) is 0 Å². The van der Waals surface area contributed by atoms with E-state index < -0.39 is 0 Å². The number of rotatable bonds is 6. The average molecular weight is 472 g/mol. The van der Waals surface area contributed by atoms with Gasteiger partial charge in [0.25, 0.3) is 0 Å². The Bertz CT molecular complexity index is 802. The number of hydrogen-bond acceptors (Lipinski definition) is 1. The molecule has 2 rings (SSSR count). The third kappa shape index (κ3) is 5.54. The monoisotopic (exact) mass is 471 g/mol. The Labute approximate surface area is 203 Å². The van der Waals surface area contributed by atoms with E-state index in [4.69, 9.17) is 3.32 Å². The topological polar surface area (TPSA) is 9.23 Å². The Morgan fingerprint density at radius 2 is 1.41 bits per heavy atom. The van der Waals surface area contributed by atoms with Gasteiger partial charge in [-0.05, 0) is 0 Å². The van der Waals surface area contributed by atoms with E-state index in [2.05, 4.69) is 75.3 Å². The molecule has 0 spiro atoms. The summed E-state index contributed by atoms with van der Waals surface area (Å²) in [5, 5.41) is 0. The number of aryl methyl sites for hydroxylation is 1. The predicted octanol–water partition coefficient (Wildman–Crippen LogP) is 1.39. The Morgan fingerprint density at radius 1 is 0.897 bits per heavy atom. The molecular formula is C25H37Cl2OTi. The zero-order valence-electron chi connectivity index (χ0n) is 19.8. The maximum Gasteiger partial charge on any atom is -1.00 e. The summed E-state index contributed by atoms with van der Waals surface area (Å²) in [5.41, 5.74) is 11.6. The van der Waals surface area contributed by atoms with Crippen molar-refractivity contribution in [1.82, 2.24) is 0 Å². The van der Waals surface area contributed by atoms with Gasteiger partial charge in [-0.25, -0.2) is 0 Å². The smallest absolute Gasteiger partial charge is 1.00 e. The van der Waals surface area contributed by atoms with Crippen LogP contribution >= 0.6 is 0 Å². The molecule has 4 heteroatoms. The molecule has 0 aromatic heterocycles. The minimum Gasteiger partial charge on any atom is -1.00 e. The fourth-order valence-electron chi connectivity index (χ4n) is 4.71. The zero-order valence-corrected chi connectivity index (χ0v) is 22.9. The fraction of sp³-hybridized carbons (Fsp3) is 0.600. The van der Waals surface area contributed by atoms with Crippen LogP contribution in [0.15, 0.2) is 22.8 Å². The van der Waals surface area contributed by atoms with Crippen molar-refractivity contribution >= 4 is 5.57 Å². The summed E-state index contributed by atoms with van der Waals surface area (Å²) in [6, 6.07) is 2.39. The largest absolute Gasteiger partial charge is 1.00 e. The Hall–Kier alpha value is -0.206. The molecule has 0 amide bonds. The molecule has 161 valence electrons. The van der Waals surface area contributed by atoms with E-state index >= 15 is 0 Å². The van der Waals surface area contributed by atoms with Gasteiger partial charge in [-0.1, -0.05) is 0 Å². The van der Waals surface area contributed by atoms with Gasteiger partial charge < -0.3 is 24.8 Å². The van der Waals surface area contributed by atoms with Gasteiger partial charge in [0.05, 0.1) is 0 Å². The van der Waals surface area contributed by atoms with E-state index in [-0.39, 0.29) is 30.2 Å². The van der Waals surface area contributed by atoms with Gasteiger partial charge in [-0.3, -0.25) is 0 Å². The van der Waals surface area contributed by atoms with Crippen molar-refractivity contribution in [2.45, 2.75) is 82.1 Å². The minimum atomic E-state index is 0. The molecule has 0 saturated heterocycles. The molecule has 1 aliphatic carbocycles. The van der Waals surface area contributed by atoms with Crippen LogP contribution in [0.5, 0.6) is 5.75 Å². The van der Waals surface area contributed by atoms with Crippen LogP contribution in [-0.2, 0) is 33.7 Å². The van der Waals surface area contributed by atoms with Gasteiger partial charge in [0.2, 0.25) is 0 Å². The van der Waals surface area contributed by atoms with Gasteiger partial charge in [-0.15, -0.1) is 0 Å². The van der Waals surface area contributed by atoms with Gasteiger partial charge >= 0.3 is 180 Å². The van der Waals surface area contributed by atoms with E-state index in [1.54, 1.807) is 0 Å². The Balaban J connectivity index is 0.00000392. The molecular weight excluding hydrogens is 435 g/mol. The Kier molecular flexibility index (Phi) is 10.8. The van der Waals surface area contributed by atoms with Crippen LogP contribution in [0.2, 0.25) is 0 Å². The molecule has 0 heterocycles. The van der Waals surface area contributed by atoms with Crippen LogP contribution in [0, 0.1) is 24.2 Å². The molecule has 1 aromatic carbocycles. The second kappa shape index (κ2) is 10.9. The van der Waals surface area contributed by atoms with Crippen molar-refractivity contribution in [2.75, 3.05) is 0 Å². The summed E-state index contributed by atoms with van der Waals surface area (Å²) in [5.74, 6) is 2.33. The number of hydrogen-bond donors (Lipinski definition) is 0. The molecule has 1 aromatic rings. The first-order valence-electron chi connectivity index (χ1n) is 10.3. The van der Waals surface area contributed by atoms with Crippen LogP contribution < -0.4 is 28.1 Å². The summed E-state index contributed by atoms with van der Waals surface area (Å²) in [6.45, 7) is 23.1. The van der Waals surface area contributed by atoms with Gasteiger partial charge in [0, 0.05) is 0 Å². The maximum atomic E-state index is 6.05. The molecule has 0 radical (unpaired) electrons. The molecule has 1 aliphatic rings. The normalized spacial score (nSPS) is 15.8. The first-order valence-corrected chi connectivity index (χ1v) is 11.0. The molecule has 29 heavy (non-hydrogen) atoms. The SMILES string of the molecule is CC1=C(C)C(C)(C)C(c2c(C)cc(CC(C)C)c([O][Ti+2])c2CC(C)C)=C1C.[Cl-].[Cl-]. The van der Waals surface area contributed by atoms with E-state index in [1.165, 1.54) is 44.5 Å². The molecule has 0 atom stereocenters. The summed E-state index contributed by atoms with van der Waals surface area (Å²) in [4.78, 5) is 0. The number of allylic oxidation sites excluding steroid dienone is 4. The molecule has 1 nitrogen and oxygen atoms in total. The van der Waals surface area contributed by atoms with Crippen LogP contribution in [0.25, 0.3) is 5.57 Å². The quantitative estimate of drug-likeness (QED) is 0.569. The van der Waals surface area contributed by atoms with Crippen LogP contribution in [-0.4, -0.2) is 0 Å². The molecule has 0 aliphatic heterocycles. The number of halogens is 2. The first kappa shape index (κ1) is 28.8. The van der Waals surface area contributed by atoms with Gasteiger partial charge in [-0.2, -0.15) is 0 Å². The van der Waals surface area contributed by atoms with Crippen molar-refractivity contribution in [3.8, 4) is 5.75 Å². The Morgan fingerprint density at radius 3 is 1.79 bits per heavy atom. The van der Waals surface area contributed by atoms with Gasteiger partial charge in [0.1, 0.15) is 0 Å². The van der Waals surface area contributed by atoms with E-state index in [0.29, 0.717) is 11.8 Å². The van der Waals surface area contributed by atoms with Gasteiger partial charge in [0.15, 0.2) is 0 Å². The van der Waals surface area contributed by atoms with Crippen molar-refractivity contribution in [3.05, 3.63) is 45.0 Å². The molecule has 0 fully saturated rings. The van der Waals surface area contributed by atoms with Crippen molar-refractivity contribution < 1.29 is 49.0 Å². The van der Waals surface area contributed by atoms with Crippen LogP contribution in [0.1, 0.15) is 84.6 Å². The summed E-state index contributed by atoms with van der Waals surface area (Å²) >= 11 is 1.85. The fourth-order valence-corrected chi connectivity index (χ4v) is 5.10.